The van der Waals surface area contributed by atoms with Crippen LogP contribution in [0.5, 0.6) is 5.75 Å². The van der Waals surface area contributed by atoms with Crippen LogP contribution >= 0.6 is 11.6 Å². The molecule has 3 heteroatoms. The molecule has 0 spiro atoms. The predicted octanol–water partition coefficient (Wildman–Crippen LogP) is 2.55. The van der Waals surface area contributed by atoms with Crippen molar-refractivity contribution in [1.29, 1.82) is 0 Å². The van der Waals surface area contributed by atoms with Crippen molar-refractivity contribution in [3.63, 3.8) is 0 Å². The molecule has 1 aromatic carbocycles. The number of halogens is 1. The van der Waals surface area contributed by atoms with Crippen LogP contribution in [0.15, 0.2) is 12.1 Å². The van der Waals surface area contributed by atoms with Crippen LogP contribution in [0.25, 0.3) is 0 Å². The molecule has 0 aliphatic rings. The Morgan fingerprint density at radius 3 is 2.50 bits per heavy atom. The van der Waals surface area contributed by atoms with Crippen molar-refractivity contribution in [2.24, 2.45) is 5.73 Å². The van der Waals surface area contributed by atoms with Gasteiger partial charge in [0.1, 0.15) is 5.75 Å². The number of ether oxygens (including phenoxy) is 1. The van der Waals surface area contributed by atoms with Crippen LogP contribution in [0.2, 0.25) is 0 Å². The van der Waals surface area contributed by atoms with Crippen molar-refractivity contribution in [2.75, 3.05) is 13.0 Å². The Kier molecular flexibility index (Phi) is 3.78. The van der Waals surface area contributed by atoms with E-state index in [-0.39, 0.29) is 6.04 Å². The quantitative estimate of drug-likeness (QED) is 0.784. The summed E-state index contributed by atoms with van der Waals surface area (Å²) < 4.78 is 5.22. The molecule has 14 heavy (non-hydrogen) atoms. The fourth-order valence-electron chi connectivity index (χ4n) is 1.51. The monoisotopic (exact) mass is 213 g/mol. The molecule has 0 bridgehead atoms. The van der Waals surface area contributed by atoms with Crippen molar-refractivity contribution >= 4 is 11.6 Å². The van der Waals surface area contributed by atoms with Crippen LogP contribution in [-0.2, 0) is 0 Å². The summed E-state index contributed by atoms with van der Waals surface area (Å²) in [6, 6.07) is 3.94. The van der Waals surface area contributed by atoms with Gasteiger partial charge in [-0.15, -0.1) is 11.6 Å². The highest BCUT2D eigenvalue weighted by molar-refractivity contribution is 6.18. The van der Waals surface area contributed by atoms with Crippen LogP contribution < -0.4 is 10.5 Å². The molecule has 0 saturated heterocycles. The van der Waals surface area contributed by atoms with E-state index in [2.05, 4.69) is 0 Å². The third kappa shape index (κ3) is 2.20. The smallest absolute Gasteiger partial charge is 0.122 e. The molecule has 1 atom stereocenters. The molecule has 0 saturated carbocycles. The number of rotatable bonds is 3. The number of hydrogen-bond acceptors (Lipinski definition) is 2. The van der Waals surface area contributed by atoms with Gasteiger partial charge < -0.3 is 10.5 Å². The summed E-state index contributed by atoms with van der Waals surface area (Å²) in [5.74, 6) is 1.33. The first-order valence-electron chi connectivity index (χ1n) is 4.56. The second-order valence-corrected chi connectivity index (χ2v) is 3.75. The van der Waals surface area contributed by atoms with Gasteiger partial charge in [0.15, 0.2) is 0 Å². The summed E-state index contributed by atoms with van der Waals surface area (Å²) >= 11 is 5.73. The van der Waals surface area contributed by atoms with Crippen molar-refractivity contribution < 1.29 is 4.74 Å². The highest BCUT2D eigenvalue weighted by Gasteiger charge is 2.10. The van der Waals surface area contributed by atoms with Gasteiger partial charge in [-0.1, -0.05) is 6.07 Å². The lowest BCUT2D eigenvalue weighted by molar-refractivity contribution is 0.411. The summed E-state index contributed by atoms with van der Waals surface area (Å²) in [6.45, 7) is 4.02. The van der Waals surface area contributed by atoms with E-state index in [4.69, 9.17) is 22.1 Å². The minimum Gasteiger partial charge on any atom is -0.496 e. The van der Waals surface area contributed by atoms with Crippen LogP contribution in [0, 0.1) is 13.8 Å². The third-order valence-electron chi connectivity index (χ3n) is 2.35. The highest BCUT2D eigenvalue weighted by atomic mass is 35.5. The molecule has 1 unspecified atom stereocenters. The van der Waals surface area contributed by atoms with Gasteiger partial charge >= 0.3 is 0 Å². The zero-order valence-electron chi connectivity index (χ0n) is 8.80. The number of methoxy groups -OCH3 is 1. The standard InChI is InChI=1S/C11H16ClNO/c1-7-5-11(14-3)8(2)4-9(7)10(13)6-12/h4-5,10H,6,13H2,1-3H3. The molecule has 0 aliphatic heterocycles. The molecule has 0 fully saturated rings. The molecular formula is C11H16ClNO. The van der Waals surface area contributed by atoms with E-state index in [1.807, 2.05) is 26.0 Å². The van der Waals surface area contributed by atoms with Crippen LogP contribution in [0.4, 0.5) is 0 Å². The predicted molar refractivity (Wildman–Crippen MR) is 60.1 cm³/mol. The lowest BCUT2D eigenvalue weighted by Gasteiger charge is -2.15. The molecular weight excluding hydrogens is 198 g/mol. The summed E-state index contributed by atoms with van der Waals surface area (Å²) in [6.07, 6.45) is 0. The van der Waals surface area contributed by atoms with Gasteiger partial charge in [-0.2, -0.15) is 0 Å². The Bertz CT molecular complexity index is 325. The minimum atomic E-state index is -0.0960. The molecule has 0 amide bonds. The van der Waals surface area contributed by atoms with E-state index in [9.17, 15) is 0 Å². The molecule has 2 N–H and O–H groups in total. The number of benzene rings is 1. The molecule has 78 valence electrons. The minimum absolute atomic E-state index is 0.0960. The third-order valence-corrected chi connectivity index (χ3v) is 2.68. The summed E-state index contributed by atoms with van der Waals surface area (Å²) in [5, 5.41) is 0. The van der Waals surface area contributed by atoms with Crippen LogP contribution in [0.3, 0.4) is 0 Å². The first-order chi connectivity index (χ1) is 6.60. The fraction of sp³-hybridized carbons (Fsp3) is 0.455. The lowest BCUT2D eigenvalue weighted by atomic mass is 10.00. The average molecular weight is 214 g/mol. The van der Waals surface area contributed by atoms with E-state index in [0.717, 1.165) is 22.4 Å². The van der Waals surface area contributed by atoms with Gasteiger partial charge in [0.25, 0.3) is 0 Å². The van der Waals surface area contributed by atoms with Crippen LogP contribution in [-0.4, -0.2) is 13.0 Å². The van der Waals surface area contributed by atoms with Crippen molar-refractivity contribution in [2.45, 2.75) is 19.9 Å². The largest absolute Gasteiger partial charge is 0.496 e. The summed E-state index contributed by atoms with van der Waals surface area (Å²) in [5.41, 5.74) is 9.20. The molecule has 1 aromatic rings. The Morgan fingerprint density at radius 1 is 1.36 bits per heavy atom. The number of aryl methyl sites for hydroxylation is 2. The number of alkyl halides is 1. The van der Waals surface area contributed by atoms with E-state index < -0.39 is 0 Å². The number of hydrogen-bond donors (Lipinski definition) is 1. The molecule has 2 nitrogen and oxygen atoms in total. The molecule has 1 rings (SSSR count). The fourth-order valence-corrected chi connectivity index (χ4v) is 1.68. The normalized spacial score (nSPS) is 12.6. The molecule has 0 aliphatic carbocycles. The first-order valence-corrected chi connectivity index (χ1v) is 5.10. The van der Waals surface area contributed by atoms with E-state index >= 15 is 0 Å². The number of nitrogens with two attached hydrogens (primary N) is 1. The highest BCUT2D eigenvalue weighted by Crippen LogP contribution is 2.25. The summed E-state index contributed by atoms with van der Waals surface area (Å²) in [7, 11) is 1.67. The maximum atomic E-state index is 5.88. The lowest BCUT2D eigenvalue weighted by Crippen LogP contribution is -2.13. The topological polar surface area (TPSA) is 35.2 Å². The Hall–Kier alpha value is -0.730. The van der Waals surface area contributed by atoms with Crippen molar-refractivity contribution in [1.82, 2.24) is 0 Å². The Labute approximate surface area is 90.0 Å². The van der Waals surface area contributed by atoms with E-state index in [1.54, 1.807) is 7.11 Å². The first kappa shape index (κ1) is 11.3. The average Bonchev–Trinajstić information content (AvgIpc) is 2.19. The van der Waals surface area contributed by atoms with Gasteiger partial charge in [0.05, 0.1) is 7.11 Å². The Morgan fingerprint density at radius 2 is 2.00 bits per heavy atom. The van der Waals surface area contributed by atoms with Crippen molar-refractivity contribution in [3.8, 4) is 5.75 Å². The van der Waals surface area contributed by atoms with Crippen LogP contribution in [0.1, 0.15) is 22.7 Å². The van der Waals surface area contributed by atoms with Crippen molar-refractivity contribution in [3.05, 3.63) is 28.8 Å². The molecule has 0 heterocycles. The second-order valence-electron chi connectivity index (χ2n) is 3.44. The maximum absolute atomic E-state index is 5.88. The zero-order chi connectivity index (χ0) is 10.7. The molecule has 0 aromatic heterocycles. The van der Waals surface area contributed by atoms with Gasteiger partial charge in [-0.05, 0) is 36.6 Å². The zero-order valence-corrected chi connectivity index (χ0v) is 9.56. The van der Waals surface area contributed by atoms with Gasteiger partial charge in [0, 0.05) is 11.9 Å². The van der Waals surface area contributed by atoms with Gasteiger partial charge in [-0.3, -0.25) is 0 Å². The van der Waals surface area contributed by atoms with Gasteiger partial charge in [0.2, 0.25) is 0 Å². The molecule has 0 radical (unpaired) electrons. The maximum Gasteiger partial charge on any atom is 0.122 e. The van der Waals surface area contributed by atoms with E-state index in [0.29, 0.717) is 5.88 Å². The Balaban J connectivity index is 3.14. The SMILES string of the molecule is COc1cc(C)c(C(N)CCl)cc1C. The second kappa shape index (κ2) is 4.67. The van der Waals surface area contributed by atoms with E-state index in [1.165, 1.54) is 0 Å². The summed E-state index contributed by atoms with van der Waals surface area (Å²) in [4.78, 5) is 0. The van der Waals surface area contributed by atoms with Gasteiger partial charge in [-0.25, -0.2) is 0 Å².